The van der Waals surface area contributed by atoms with E-state index in [0.717, 1.165) is 34.0 Å². The highest BCUT2D eigenvalue weighted by molar-refractivity contribution is 7.89. The molecular weight excluding hydrogens is 350 g/mol. The molecule has 0 heterocycles. The molecule has 0 fully saturated rings. The van der Waals surface area contributed by atoms with Crippen LogP contribution in [0, 0.1) is 6.92 Å². The van der Waals surface area contributed by atoms with Crippen LogP contribution in [-0.4, -0.2) is 37.9 Å². The molecule has 0 saturated carbocycles. The zero-order valence-electron chi connectivity index (χ0n) is 14.8. The topological polar surface area (TPSA) is 78.8 Å². The zero-order chi connectivity index (χ0) is 18.7. The summed E-state index contributed by atoms with van der Waals surface area (Å²) in [6, 6.07) is 14.5. The number of hydrazone groups is 1. The number of carbonyl (C=O) groups excluding carboxylic acids is 1. The Balaban J connectivity index is 1.65. The molecule has 0 unspecified atom stereocenters. The van der Waals surface area contributed by atoms with E-state index in [9.17, 15) is 13.2 Å². The predicted molar refractivity (Wildman–Crippen MR) is 100 cm³/mol. The van der Waals surface area contributed by atoms with Gasteiger partial charge < -0.3 is 0 Å². The average molecular weight is 371 g/mol. The predicted octanol–water partition coefficient (Wildman–Crippen LogP) is 2.08. The Morgan fingerprint density at radius 1 is 1.12 bits per heavy atom. The normalized spacial score (nSPS) is 15.3. The van der Waals surface area contributed by atoms with Crippen LogP contribution < -0.4 is 5.43 Å². The van der Waals surface area contributed by atoms with Gasteiger partial charge in [-0.3, -0.25) is 4.79 Å². The van der Waals surface area contributed by atoms with Gasteiger partial charge in [0, 0.05) is 12.6 Å². The molecule has 0 aromatic heterocycles. The van der Waals surface area contributed by atoms with Gasteiger partial charge in [0.05, 0.1) is 17.2 Å². The van der Waals surface area contributed by atoms with E-state index in [0.29, 0.717) is 0 Å². The molecule has 1 amide bonds. The number of aryl methyl sites for hydroxylation is 2. The van der Waals surface area contributed by atoms with Gasteiger partial charge in [-0.15, -0.1) is 0 Å². The fraction of sp³-hybridized carbons (Fsp3) is 0.263. The molecule has 3 rings (SSSR count). The minimum absolute atomic E-state index is 0.162. The van der Waals surface area contributed by atoms with Gasteiger partial charge in [0.25, 0.3) is 5.91 Å². The molecule has 1 aliphatic rings. The van der Waals surface area contributed by atoms with Gasteiger partial charge in [-0.25, -0.2) is 13.8 Å². The summed E-state index contributed by atoms with van der Waals surface area (Å²) in [5, 5.41) is 4.18. The molecule has 6 nitrogen and oxygen atoms in total. The van der Waals surface area contributed by atoms with Crippen molar-refractivity contribution < 1.29 is 13.2 Å². The summed E-state index contributed by atoms with van der Waals surface area (Å²) in [6.45, 7) is 1.59. The van der Waals surface area contributed by atoms with Crippen LogP contribution in [0.2, 0.25) is 0 Å². The molecule has 2 aromatic carbocycles. The van der Waals surface area contributed by atoms with E-state index < -0.39 is 15.9 Å². The highest BCUT2D eigenvalue weighted by Gasteiger charge is 2.23. The third-order valence-electron chi connectivity index (χ3n) is 4.37. The Morgan fingerprint density at radius 3 is 2.54 bits per heavy atom. The summed E-state index contributed by atoms with van der Waals surface area (Å²) in [7, 11) is -2.33. The van der Waals surface area contributed by atoms with Crippen molar-refractivity contribution in [1.29, 1.82) is 0 Å². The Bertz CT molecular complexity index is 950. The highest BCUT2D eigenvalue weighted by atomic mass is 32.2. The van der Waals surface area contributed by atoms with Gasteiger partial charge in [0.15, 0.2) is 0 Å². The number of amides is 1. The zero-order valence-corrected chi connectivity index (χ0v) is 15.6. The van der Waals surface area contributed by atoms with Crippen molar-refractivity contribution in [1.82, 2.24) is 9.73 Å². The van der Waals surface area contributed by atoms with Gasteiger partial charge in [-0.2, -0.15) is 9.41 Å². The number of nitrogens with one attached hydrogen (secondary N) is 1. The highest BCUT2D eigenvalue weighted by Crippen LogP contribution is 2.21. The fourth-order valence-electron chi connectivity index (χ4n) is 2.87. The first kappa shape index (κ1) is 18.3. The molecular formula is C19H21N3O3S. The number of likely N-dealkylation sites (N-methyl/N-ethyl adjacent to an activating group) is 1. The molecule has 0 bridgehead atoms. The van der Waals surface area contributed by atoms with Crippen LogP contribution in [-0.2, 0) is 21.2 Å². The Morgan fingerprint density at radius 2 is 1.81 bits per heavy atom. The van der Waals surface area contributed by atoms with E-state index in [1.54, 1.807) is 12.1 Å². The third-order valence-corrected chi connectivity index (χ3v) is 6.19. The summed E-state index contributed by atoms with van der Waals surface area (Å²) in [5.74, 6) is -0.472. The van der Waals surface area contributed by atoms with Crippen LogP contribution in [0.5, 0.6) is 0 Å². The smallest absolute Gasteiger partial charge is 0.255 e. The molecule has 7 heteroatoms. The van der Waals surface area contributed by atoms with E-state index in [-0.39, 0.29) is 11.4 Å². The molecule has 0 atom stereocenters. The van der Waals surface area contributed by atoms with Crippen molar-refractivity contribution in [3.63, 3.8) is 0 Å². The number of sulfonamides is 1. The van der Waals surface area contributed by atoms with Crippen LogP contribution in [0.25, 0.3) is 0 Å². The van der Waals surface area contributed by atoms with Gasteiger partial charge in [0.1, 0.15) is 0 Å². The maximum absolute atomic E-state index is 12.5. The van der Waals surface area contributed by atoms with Crippen LogP contribution in [0.4, 0.5) is 0 Å². The maximum Gasteiger partial charge on any atom is 0.255 e. The monoisotopic (exact) mass is 371 g/mol. The van der Waals surface area contributed by atoms with Gasteiger partial charge in [-0.05, 0) is 37.5 Å². The number of nitrogens with zero attached hydrogens (tertiary/aromatic N) is 2. The van der Waals surface area contributed by atoms with Crippen LogP contribution in [0.15, 0.2) is 58.5 Å². The minimum atomic E-state index is -3.71. The molecule has 136 valence electrons. The van der Waals surface area contributed by atoms with Crippen LogP contribution in [0.3, 0.4) is 0 Å². The first-order valence-corrected chi connectivity index (χ1v) is 9.78. The summed E-state index contributed by atoms with van der Waals surface area (Å²) in [5.41, 5.74) is 6.50. The molecule has 0 aliphatic heterocycles. The van der Waals surface area contributed by atoms with Gasteiger partial charge >= 0.3 is 0 Å². The third kappa shape index (κ3) is 3.84. The lowest BCUT2D eigenvalue weighted by Gasteiger charge is -2.16. The standard InChI is InChI=1S/C19H21N3O3S/c1-14-7-10-16(11-8-14)26(24,25)22(2)13-19(23)21-20-18-12-9-15-5-3-4-6-17(15)18/h3-8,10-11H,9,12-13H2,1-2H3,(H,21,23)/b20-18-. The number of benzene rings is 2. The largest absolute Gasteiger partial charge is 0.272 e. The molecule has 1 N–H and O–H groups in total. The molecule has 0 radical (unpaired) electrons. The van der Waals surface area contributed by atoms with Crippen molar-refractivity contribution in [3.8, 4) is 0 Å². The lowest BCUT2D eigenvalue weighted by Crippen LogP contribution is -2.37. The minimum Gasteiger partial charge on any atom is -0.272 e. The summed E-state index contributed by atoms with van der Waals surface area (Å²) in [6.07, 6.45) is 1.66. The SMILES string of the molecule is Cc1ccc(S(=O)(=O)N(C)CC(=O)N/N=C2/CCc3ccccc32)cc1. The van der Waals surface area contributed by atoms with Crippen molar-refractivity contribution in [2.45, 2.75) is 24.7 Å². The second-order valence-corrected chi connectivity index (χ2v) is 8.37. The van der Waals surface area contributed by atoms with Crippen molar-refractivity contribution >= 4 is 21.6 Å². The number of hydrogen-bond acceptors (Lipinski definition) is 4. The molecule has 0 saturated heterocycles. The Hall–Kier alpha value is -2.51. The molecule has 0 spiro atoms. The Kier molecular flexibility index (Phi) is 5.20. The molecule has 26 heavy (non-hydrogen) atoms. The number of fused-ring (bicyclic) bond motifs is 1. The molecule has 2 aromatic rings. The van der Waals surface area contributed by atoms with E-state index in [1.807, 2.05) is 31.2 Å². The van der Waals surface area contributed by atoms with Crippen molar-refractivity contribution in [2.24, 2.45) is 5.10 Å². The summed E-state index contributed by atoms with van der Waals surface area (Å²) in [4.78, 5) is 12.3. The van der Waals surface area contributed by atoms with E-state index in [1.165, 1.54) is 24.7 Å². The molecule has 1 aliphatic carbocycles. The van der Waals surface area contributed by atoms with E-state index >= 15 is 0 Å². The average Bonchev–Trinajstić information content (AvgIpc) is 3.03. The maximum atomic E-state index is 12.5. The van der Waals surface area contributed by atoms with Gasteiger partial charge in [-0.1, -0.05) is 42.0 Å². The Labute approximate surface area is 153 Å². The summed E-state index contributed by atoms with van der Waals surface area (Å²) < 4.78 is 26.0. The van der Waals surface area contributed by atoms with E-state index in [2.05, 4.69) is 10.5 Å². The van der Waals surface area contributed by atoms with E-state index in [4.69, 9.17) is 0 Å². The second kappa shape index (κ2) is 7.39. The second-order valence-electron chi connectivity index (χ2n) is 6.32. The first-order chi connectivity index (χ1) is 12.4. The van der Waals surface area contributed by atoms with Crippen LogP contribution >= 0.6 is 0 Å². The first-order valence-electron chi connectivity index (χ1n) is 8.34. The van der Waals surface area contributed by atoms with Crippen molar-refractivity contribution in [3.05, 3.63) is 65.2 Å². The van der Waals surface area contributed by atoms with Crippen molar-refractivity contribution in [2.75, 3.05) is 13.6 Å². The number of carbonyl (C=O) groups is 1. The number of hydrogen-bond donors (Lipinski definition) is 1. The lowest BCUT2D eigenvalue weighted by molar-refractivity contribution is -0.121. The lowest BCUT2D eigenvalue weighted by atomic mass is 10.1. The fourth-order valence-corrected chi connectivity index (χ4v) is 3.99. The van der Waals surface area contributed by atoms with Gasteiger partial charge in [0.2, 0.25) is 10.0 Å². The van der Waals surface area contributed by atoms with Crippen LogP contribution in [0.1, 0.15) is 23.1 Å². The summed E-state index contributed by atoms with van der Waals surface area (Å²) >= 11 is 0. The number of rotatable bonds is 5. The quantitative estimate of drug-likeness (QED) is 0.818.